The molecule has 0 saturated heterocycles. The molecule has 3 aliphatic rings. The van der Waals surface area contributed by atoms with Gasteiger partial charge in [-0.25, -0.2) is 4.79 Å². The van der Waals surface area contributed by atoms with Crippen LogP contribution in [0.4, 0.5) is 0 Å². The molecule has 214 valence electrons. The zero-order chi connectivity index (χ0) is 30.0. The maximum atomic E-state index is 14.0. The lowest BCUT2D eigenvalue weighted by molar-refractivity contribution is -0.153. The minimum absolute atomic E-state index is 0.0413. The quantitative estimate of drug-likeness (QED) is 0.266. The number of rotatable bonds is 5. The molecule has 2 aromatic rings. The van der Waals surface area contributed by atoms with Crippen molar-refractivity contribution in [2.24, 2.45) is 17.6 Å². The Labute approximate surface area is 235 Å². The molecule has 3 aliphatic carbocycles. The van der Waals surface area contributed by atoms with Crippen LogP contribution >= 0.6 is 0 Å². The highest BCUT2D eigenvalue weighted by atomic mass is 16.5. The van der Waals surface area contributed by atoms with E-state index in [1.165, 1.54) is 25.1 Å². The molecule has 0 bridgehead atoms. The minimum atomic E-state index is -2.71. The number of phenols is 1. The number of likely N-dealkylation sites (N-methyl/N-ethyl adjacent to an activating group) is 1. The molecule has 11 heteroatoms. The van der Waals surface area contributed by atoms with Crippen molar-refractivity contribution in [2.45, 2.75) is 31.4 Å². The number of hydrogen-bond acceptors (Lipinski definition) is 10. The summed E-state index contributed by atoms with van der Waals surface area (Å²) in [4.78, 5) is 53.6. The van der Waals surface area contributed by atoms with Crippen molar-refractivity contribution in [2.75, 3.05) is 20.7 Å². The van der Waals surface area contributed by atoms with E-state index in [-0.39, 0.29) is 41.9 Å². The fourth-order valence-corrected chi connectivity index (χ4v) is 6.60. The van der Waals surface area contributed by atoms with Crippen LogP contribution in [-0.2, 0) is 25.5 Å². The van der Waals surface area contributed by atoms with Crippen LogP contribution in [0.3, 0.4) is 0 Å². The van der Waals surface area contributed by atoms with Crippen LogP contribution in [-0.4, -0.2) is 81.1 Å². The molecular formula is C30H30N2O9. The summed E-state index contributed by atoms with van der Waals surface area (Å²) in [5.74, 6) is -7.78. The molecule has 1 amide bonds. The molecule has 0 aromatic heterocycles. The van der Waals surface area contributed by atoms with Crippen molar-refractivity contribution in [3.8, 4) is 16.9 Å². The van der Waals surface area contributed by atoms with Crippen molar-refractivity contribution in [3.05, 3.63) is 70.0 Å². The smallest absolute Gasteiger partial charge is 0.338 e. The van der Waals surface area contributed by atoms with Gasteiger partial charge in [0.1, 0.15) is 22.8 Å². The fraction of sp³-hybridized carbons (Fsp3) is 0.333. The lowest BCUT2D eigenvalue weighted by Gasteiger charge is -2.50. The predicted octanol–water partition coefficient (Wildman–Crippen LogP) is 1.81. The molecule has 0 unspecified atom stereocenters. The van der Waals surface area contributed by atoms with E-state index in [9.17, 15) is 39.6 Å². The van der Waals surface area contributed by atoms with Crippen molar-refractivity contribution in [1.29, 1.82) is 0 Å². The van der Waals surface area contributed by atoms with Gasteiger partial charge < -0.3 is 30.9 Å². The second-order valence-electron chi connectivity index (χ2n) is 10.7. The van der Waals surface area contributed by atoms with Crippen LogP contribution in [0.15, 0.2) is 53.3 Å². The maximum Gasteiger partial charge on any atom is 0.338 e. The summed E-state index contributed by atoms with van der Waals surface area (Å²) >= 11 is 0. The van der Waals surface area contributed by atoms with Crippen molar-refractivity contribution in [3.63, 3.8) is 0 Å². The second-order valence-corrected chi connectivity index (χ2v) is 10.7. The molecule has 4 atom stereocenters. The molecule has 0 spiro atoms. The molecule has 0 aliphatic heterocycles. The van der Waals surface area contributed by atoms with E-state index < -0.39 is 64.0 Å². The third-order valence-corrected chi connectivity index (χ3v) is 8.32. The number of benzene rings is 2. The number of Topliss-reactive ketones (excluding diaryl/α,β-unsaturated/α-hetero) is 2. The molecule has 5 rings (SSSR count). The van der Waals surface area contributed by atoms with Gasteiger partial charge in [-0.05, 0) is 68.6 Å². The standard InChI is InChI=1S/C30H30N2O9/c1-4-41-29(39)16-8-6-5-7-14(16)15-9-10-19(33)21-17(15)11-13-12-18-23(32(2)3)25(35)22(28(31)38)27(37)30(18,40)26(36)20(13)24(21)34/h5-10,13,18,23,33-34,37,40H,4,11-12H2,1-3H3,(H2,31,38)/t13-,18-,23-,30-/m0/s1. The van der Waals surface area contributed by atoms with E-state index >= 15 is 0 Å². The first-order valence-corrected chi connectivity index (χ1v) is 13.1. The molecule has 1 saturated carbocycles. The normalized spacial score (nSPS) is 25.5. The lowest BCUT2D eigenvalue weighted by Crippen LogP contribution is -2.65. The Kier molecular flexibility index (Phi) is 6.75. The number of esters is 1. The number of ether oxygens (including phenoxy) is 1. The zero-order valence-corrected chi connectivity index (χ0v) is 22.7. The van der Waals surface area contributed by atoms with E-state index in [1.807, 2.05) is 0 Å². The number of ketones is 2. The van der Waals surface area contributed by atoms with Gasteiger partial charge in [0.15, 0.2) is 11.4 Å². The number of amides is 1. The Morgan fingerprint density at radius 2 is 1.76 bits per heavy atom. The Bertz CT molecular complexity index is 1590. The van der Waals surface area contributed by atoms with E-state index in [0.29, 0.717) is 16.7 Å². The number of aliphatic hydroxyl groups excluding tert-OH is 2. The van der Waals surface area contributed by atoms with E-state index in [2.05, 4.69) is 0 Å². The van der Waals surface area contributed by atoms with Gasteiger partial charge in [-0.3, -0.25) is 19.3 Å². The molecule has 6 N–H and O–H groups in total. The molecule has 1 fully saturated rings. The number of hydrogen-bond donors (Lipinski definition) is 5. The predicted molar refractivity (Wildman–Crippen MR) is 146 cm³/mol. The van der Waals surface area contributed by atoms with Crippen LogP contribution in [0.1, 0.15) is 34.8 Å². The van der Waals surface area contributed by atoms with Gasteiger partial charge in [0, 0.05) is 11.5 Å². The summed E-state index contributed by atoms with van der Waals surface area (Å²) in [5.41, 5.74) is 3.20. The minimum Gasteiger partial charge on any atom is -0.508 e. The Hall–Kier alpha value is -4.48. The number of carbonyl (C=O) groups is 4. The third-order valence-electron chi connectivity index (χ3n) is 8.32. The van der Waals surface area contributed by atoms with E-state index in [4.69, 9.17) is 10.5 Å². The van der Waals surface area contributed by atoms with Gasteiger partial charge in [-0.2, -0.15) is 0 Å². The van der Waals surface area contributed by atoms with Crippen molar-refractivity contribution in [1.82, 2.24) is 4.90 Å². The molecule has 0 radical (unpaired) electrons. The second kappa shape index (κ2) is 9.86. The van der Waals surface area contributed by atoms with Gasteiger partial charge in [-0.15, -0.1) is 0 Å². The largest absolute Gasteiger partial charge is 0.508 e. The SMILES string of the molecule is CCOC(=O)c1ccccc1-c1ccc(O)c2c1C[C@H]1C[C@H]3[C@H](N(C)C)C(=O)C(C(N)=O)=C(O)[C@@]3(O)C(=O)C1=C2O. The first kappa shape index (κ1) is 28.1. The highest BCUT2D eigenvalue weighted by Gasteiger charge is 2.64. The Balaban J connectivity index is 1.73. The fourth-order valence-electron chi connectivity index (χ4n) is 6.60. The lowest BCUT2D eigenvalue weighted by atomic mass is 9.57. The summed E-state index contributed by atoms with van der Waals surface area (Å²) in [6.07, 6.45) is 0.0514. The van der Waals surface area contributed by atoms with Gasteiger partial charge in [0.25, 0.3) is 5.91 Å². The average Bonchev–Trinajstić information content (AvgIpc) is 2.90. The molecule has 11 nitrogen and oxygen atoms in total. The van der Waals surface area contributed by atoms with Gasteiger partial charge >= 0.3 is 5.97 Å². The highest BCUT2D eigenvalue weighted by Crippen LogP contribution is 2.53. The maximum absolute atomic E-state index is 14.0. The summed E-state index contributed by atoms with van der Waals surface area (Å²) in [7, 11) is 3.08. The molecule has 0 heterocycles. The topological polar surface area (TPSA) is 188 Å². The van der Waals surface area contributed by atoms with Crippen LogP contribution in [0.25, 0.3) is 16.9 Å². The van der Waals surface area contributed by atoms with Gasteiger partial charge in [-0.1, -0.05) is 24.3 Å². The number of nitrogens with two attached hydrogens (primary N) is 1. The van der Waals surface area contributed by atoms with E-state index in [1.54, 1.807) is 37.3 Å². The number of aliphatic hydroxyl groups is 3. The molecule has 2 aromatic carbocycles. The zero-order valence-electron chi connectivity index (χ0n) is 22.7. The summed E-state index contributed by atoms with van der Waals surface area (Å²) in [6, 6.07) is 8.46. The average molecular weight is 563 g/mol. The Morgan fingerprint density at radius 1 is 1.07 bits per heavy atom. The van der Waals surface area contributed by atoms with Crippen LogP contribution in [0.5, 0.6) is 5.75 Å². The third kappa shape index (κ3) is 3.95. The van der Waals surface area contributed by atoms with Crippen molar-refractivity contribution >= 4 is 29.2 Å². The molecular weight excluding hydrogens is 532 g/mol. The number of aromatic hydroxyl groups is 1. The Morgan fingerprint density at radius 3 is 2.39 bits per heavy atom. The van der Waals surface area contributed by atoms with Crippen LogP contribution in [0, 0.1) is 11.8 Å². The first-order chi connectivity index (χ1) is 19.4. The van der Waals surface area contributed by atoms with Gasteiger partial charge in [0.2, 0.25) is 5.78 Å². The summed E-state index contributed by atoms with van der Waals surface area (Å²) < 4.78 is 5.21. The van der Waals surface area contributed by atoms with Crippen LogP contribution < -0.4 is 5.73 Å². The first-order valence-electron chi connectivity index (χ1n) is 13.1. The monoisotopic (exact) mass is 562 g/mol. The van der Waals surface area contributed by atoms with E-state index in [0.717, 1.165) is 0 Å². The molecule has 41 heavy (non-hydrogen) atoms. The summed E-state index contributed by atoms with van der Waals surface area (Å²) in [6.45, 7) is 1.84. The van der Waals surface area contributed by atoms with Crippen molar-refractivity contribution < 1.29 is 44.3 Å². The highest BCUT2D eigenvalue weighted by molar-refractivity contribution is 6.24. The number of primary amides is 1. The van der Waals surface area contributed by atoms with Crippen LogP contribution in [0.2, 0.25) is 0 Å². The van der Waals surface area contributed by atoms with Gasteiger partial charge in [0.05, 0.1) is 23.8 Å². The number of nitrogens with zero attached hydrogens (tertiary/aromatic N) is 1. The number of carbonyl (C=O) groups excluding carboxylic acids is 4. The number of phenolic OH excluding ortho intramolecular Hbond substituents is 1. The number of fused-ring (bicyclic) bond motifs is 3. The summed E-state index contributed by atoms with van der Waals surface area (Å²) in [5, 5.41) is 45.0.